The minimum atomic E-state index is -0.504. The molecule has 5 heterocycles. The van der Waals surface area contributed by atoms with E-state index in [1.165, 1.54) is 6.33 Å². The van der Waals surface area contributed by atoms with Crippen molar-refractivity contribution in [2.75, 3.05) is 24.1 Å². The van der Waals surface area contributed by atoms with Crippen LogP contribution in [-0.2, 0) is 16.1 Å². The lowest BCUT2D eigenvalue weighted by Crippen LogP contribution is -2.47. The van der Waals surface area contributed by atoms with Crippen molar-refractivity contribution in [1.29, 1.82) is 0 Å². The van der Waals surface area contributed by atoms with E-state index in [9.17, 15) is 9.59 Å². The third-order valence-electron chi connectivity index (χ3n) is 8.16. The fourth-order valence-electron chi connectivity index (χ4n) is 5.87. The first-order valence-corrected chi connectivity index (χ1v) is 15.0. The highest BCUT2D eigenvalue weighted by Crippen LogP contribution is 2.35. The summed E-state index contributed by atoms with van der Waals surface area (Å²) in [7, 11) is 0. The normalized spacial score (nSPS) is 17.7. The molecule has 3 aromatic heterocycles. The summed E-state index contributed by atoms with van der Waals surface area (Å²) in [6, 6.07) is 17.1. The van der Waals surface area contributed by atoms with Gasteiger partial charge in [-0.15, -0.1) is 0 Å². The highest BCUT2D eigenvalue weighted by molar-refractivity contribution is 6.01. The van der Waals surface area contributed by atoms with Gasteiger partial charge in [0, 0.05) is 37.8 Å². The molecule has 2 aliphatic rings. The van der Waals surface area contributed by atoms with Crippen LogP contribution in [0.2, 0.25) is 0 Å². The van der Waals surface area contributed by atoms with E-state index >= 15 is 0 Å². The first kappa shape index (κ1) is 28.3. The second kappa shape index (κ2) is 12.3. The molecule has 1 unspecified atom stereocenters. The van der Waals surface area contributed by atoms with Gasteiger partial charge in [-0.05, 0) is 55.7 Å². The van der Waals surface area contributed by atoms with Crippen molar-refractivity contribution in [3.8, 4) is 22.8 Å². The number of nitrogens with two attached hydrogens (primary N) is 1. The number of nitrogen functional groups attached to an aromatic ring is 1. The van der Waals surface area contributed by atoms with Gasteiger partial charge in [-0.2, -0.15) is 5.10 Å². The lowest BCUT2D eigenvalue weighted by molar-refractivity contribution is -0.133. The Labute approximate surface area is 258 Å². The molecule has 2 aromatic carbocycles. The number of hydrogen-bond donors (Lipinski definition) is 3. The Bertz CT molecular complexity index is 1840. The molecule has 0 radical (unpaired) electrons. The number of carbonyl (C=O) groups excluding carboxylic acids is 2. The van der Waals surface area contributed by atoms with Gasteiger partial charge in [0.15, 0.2) is 5.65 Å². The van der Waals surface area contributed by atoms with E-state index < -0.39 is 6.04 Å². The molecule has 2 aliphatic heterocycles. The molecular formula is C32H32N10O3. The molecule has 45 heavy (non-hydrogen) atoms. The highest BCUT2D eigenvalue weighted by Gasteiger charge is 2.28. The standard InChI is InChI=1S/C32H32N10O3/c33-30-28-29(20-6-8-24(9-7-20)45-23-4-2-1-3-5-23)40-42(31(28)36-19-35-30)22-12-14-41(15-13-22)18-21-16-34-17-26(37-21)38-25-10-11-27(43)39-32(25)44/h1-9,16-17,19,22,25H,10-15,18H2,(H,37,38)(H2,33,35,36)(H,39,43,44). The predicted molar refractivity (Wildman–Crippen MR) is 167 cm³/mol. The third kappa shape index (κ3) is 6.15. The Morgan fingerprint density at radius 2 is 1.73 bits per heavy atom. The summed E-state index contributed by atoms with van der Waals surface area (Å²) in [5.41, 5.74) is 9.54. The average Bonchev–Trinajstić information content (AvgIpc) is 3.45. The summed E-state index contributed by atoms with van der Waals surface area (Å²) < 4.78 is 7.96. The maximum absolute atomic E-state index is 12.1. The molecule has 0 bridgehead atoms. The van der Waals surface area contributed by atoms with Crippen LogP contribution in [0.4, 0.5) is 11.6 Å². The van der Waals surface area contributed by atoms with E-state index in [4.69, 9.17) is 15.6 Å². The minimum absolute atomic E-state index is 0.138. The molecule has 0 saturated carbocycles. The van der Waals surface area contributed by atoms with E-state index in [2.05, 4.69) is 35.5 Å². The van der Waals surface area contributed by atoms with E-state index in [0.29, 0.717) is 31.0 Å². The molecule has 228 valence electrons. The number of likely N-dealkylation sites (tertiary alicyclic amines) is 1. The van der Waals surface area contributed by atoms with Gasteiger partial charge in [-0.3, -0.25) is 24.8 Å². The van der Waals surface area contributed by atoms with E-state index in [1.807, 2.05) is 59.3 Å². The van der Waals surface area contributed by atoms with Crippen molar-refractivity contribution in [2.45, 2.75) is 44.3 Å². The maximum atomic E-state index is 12.1. The maximum Gasteiger partial charge on any atom is 0.249 e. The SMILES string of the molecule is Nc1ncnc2c1c(-c1ccc(Oc3ccccc3)cc1)nn2C1CCN(Cc2cncc(NC3CCC(=O)NC3=O)n2)CC1. The zero-order valence-electron chi connectivity index (χ0n) is 24.5. The zero-order valence-corrected chi connectivity index (χ0v) is 24.5. The zero-order chi connectivity index (χ0) is 30.8. The number of para-hydroxylation sites is 1. The number of aromatic nitrogens is 6. The van der Waals surface area contributed by atoms with Gasteiger partial charge in [0.1, 0.15) is 41.2 Å². The van der Waals surface area contributed by atoms with Crippen molar-refractivity contribution >= 4 is 34.5 Å². The van der Waals surface area contributed by atoms with E-state index in [-0.39, 0.29) is 17.9 Å². The lowest BCUT2D eigenvalue weighted by Gasteiger charge is -2.32. The topological polar surface area (TPSA) is 166 Å². The number of benzene rings is 2. The second-order valence-corrected chi connectivity index (χ2v) is 11.2. The van der Waals surface area contributed by atoms with Gasteiger partial charge in [-0.1, -0.05) is 18.2 Å². The van der Waals surface area contributed by atoms with Crippen LogP contribution in [0.25, 0.3) is 22.3 Å². The van der Waals surface area contributed by atoms with Gasteiger partial charge in [0.25, 0.3) is 0 Å². The van der Waals surface area contributed by atoms with Crippen LogP contribution >= 0.6 is 0 Å². The van der Waals surface area contributed by atoms with Crippen LogP contribution in [0.5, 0.6) is 11.5 Å². The number of amides is 2. The summed E-state index contributed by atoms with van der Waals surface area (Å²) in [6.07, 6.45) is 7.28. The van der Waals surface area contributed by atoms with Crippen LogP contribution in [0.3, 0.4) is 0 Å². The molecule has 7 rings (SSSR count). The summed E-state index contributed by atoms with van der Waals surface area (Å²) in [5.74, 6) is 1.83. The Hall–Kier alpha value is -5.43. The molecule has 4 N–H and O–H groups in total. The van der Waals surface area contributed by atoms with Crippen LogP contribution < -0.4 is 21.1 Å². The van der Waals surface area contributed by atoms with Gasteiger partial charge < -0.3 is 15.8 Å². The fourth-order valence-corrected chi connectivity index (χ4v) is 5.87. The fraction of sp³-hybridized carbons (Fsp3) is 0.281. The molecule has 2 fully saturated rings. The van der Waals surface area contributed by atoms with Crippen molar-refractivity contribution in [2.24, 2.45) is 0 Å². The molecule has 5 aromatic rings. The highest BCUT2D eigenvalue weighted by atomic mass is 16.5. The van der Waals surface area contributed by atoms with E-state index in [1.54, 1.807) is 12.4 Å². The summed E-state index contributed by atoms with van der Waals surface area (Å²) in [6.45, 7) is 2.29. The quantitative estimate of drug-likeness (QED) is 0.221. The van der Waals surface area contributed by atoms with Crippen molar-refractivity contribution in [3.05, 3.63) is 79.0 Å². The lowest BCUT2D eigenvalue weighted by atomic mass is 10.0. The number of nitrogens with one attached hydrogen (secondary N) is 2. The summed E-state index contributed by atoms with van der Waals surface area (Å²) in [4.78, 5) is 43.8. The number of imide groups is 1. The Morgan fingerprint density at radius 3 is 2.51 bits per heavy atom. The predicted octanol–water partition coefficient (Wildman–Crippen LogP) is 3.71. The number of hydrogen-bond acceptors (Lipinski definition) is 11. The van der Waals surface area contributed by atoms with Crippen LogP contribution in [-0.4, -0.2) is 65.6 Å². The van der Waals surface area contributed by atoms with Crippen molar-refractivity contribution in [3.63, 3.8) is 0 Å². The van der Waals surface area contributed by atoms with Gasteiger partial charge >= 0.3 is 0 Å². The Balaban J connectivity index is 1.03. The minimum Gasteiger partial charge on any atom is -0.457 e. The number of ether oxygens (including phenoxy) is 1. The molecule has 2 amide bonds. The molecule has 13 nitrogen and oxygen atoms in total. The smallest absolute Gasteiger partial charge is 0.249 e. The van der Waals surface area contributed by atoms with Crippen LogP contribution in [0.15, 0.2) is 73.3 Å². The summed E-state index contributed by atoms with van der Waals surface area (Å²) in [5, 5.41) is 11.2. The molecule has 13 heteroatoms. The number of fused-ring (bicyclic) bond motifs is 1. The molecule has 0 spiro atoms. The number of rotatable bonds is 8. The molecule has 0 aliphatic carbocycles. The first-order chi connectivity index (χ1) is 22.0. The first-order valence-electron chi connectivity index (χ1n) is 15.0. The molecular weight excluding hydrogens is 572 g/mol. The molecule has 2 saturated heterocycles. The average molecular weight is 605 g/mol. The Kier molecular flexibility index (Phi) is 7.74. The van der Waals surface area contributed by atoms with Gasteiger partial charge in [0.2, 0.25) is 11.8 Å². The number of carbonyl (C=O) groups is 2. The van der Waals surface area contributed by atoms with Crippen molar-refractivity contribution in [1.82, 2.24) is 39.9 Å². The molecule has 1 atom stereocenters. The second-order valence-electron chi connectivity index (χ2n) is 11.2. The van der Waals surface area contributed by atoms with Gasteiger partial charge in [-0.25, -0.2) is 19.6 Å². The van der Waals surface area contributed by atoms with Gasteiger partial charge in [0.05, 0.1) is 23.3 Å². The monoisotopic (exact) mass is 604 g/mol. The Morgan fingerprint density at radius 1 is 0.956 bits per heavy atom. The number of piperidine rings is 2. The van der Waals surface area contributed by atoms with Crippen LogP contribution in [0, 0.1) is 0 Å². The summed E-state index contributed by atoms with van der Waals surface area (Å²) >= 11 is 0. The van der Waals surface area contributed by atoms with E-state index in [0.717, 1.165) is 65.4 Å². The van der Waals surface area contributed by atoms with Crippen molar-refractivity contribution < 1.29 is 14.3 Å². The largest absolute Gasteiger partial charge is 0.457 e. The number of anilines is 2. The van der Waals surface area contributed by atoms with Crippen LogP contribution in [0.1, 0.15) is 37.4 Å². The third-order valence-corrected chi connectivity index (χ3v) is 8.16. The number of nitrogens with zero attached hydrogens (tertiary/aromatic N) is 7.